The highest BCUT2D eigenvalue weighted by Gasteiger charge is 2.32. The van der Waals surface area contributed by atoms with Crippen molar-refractivity contribution < 1.29 is 18.8 Å². The molecule has 2 heterocycles. The summed E-state index contributed by atoms with van der Waals surface area (Å²) in [5, 5.41) is 5.70. The van der Waals surface area contributed by atoms with Crippen molar-refractivity contribution in [2.75, 3.05) is 18.4 Å². The monoisotopic (exact) mass is 494 g/mol. The maximum absolute atomic E-state index is 13.3. The molecule has 0 aliphatic carbocycles. The van der Waals surface area contributed by atoms with Gasteiger partial charge in [-0.15, -0.1) is 0 Å². The minimum Gasteiger partial charge on any atom is -0.338 e. The summed E-state index contributed by atoms with van der Waals surface area (Å²) in [7, 11) is 0. The van der Waals surface area contributed by atoms with Gasteiger partial charge in [-0.2, -0.15) is 0 Å². The van der Waals surface area contributed by atoms with Gasteiger partial charge in [-0.3, -0.25) is 19.7 Å². The first-order valence-electron chi connectivity index (χ1n) is 11.5. The Kier molecular flexibility index (Phi) is 7.25. The fourth-order valence-corrected chi connectivity index (χ4v) is 4.77. The minimum absolute atomic E-state index is 0.0922. The van der Waals surface area contributed by atoms with Crippen LogP contribution in [0.1, 0.15) is 53.1 Å². The first-order valence-corrected chi connectivity index (χ1v) is 12.3. The molecule has 1 saturated heterocycles. The van der Waals surface area contributed by atoms with Crippen molar-refractivity contribution in [2.24, 2.45) is 0 Å². The number of hydrogen-bond acceptors (Lipinski definition) is 5. The largest absolute Gasteiger partial charge is 0.338 e. The van der Waals surface area contributed by atoms with E-state index in [1.807, 2.05) is 35.2 Å². The van der Waals surface area contributed by atoms with E-state index in [1.54, 1.807) is 13.8 Å². The number of benzene rings is 2. The first kappa shape index (κ1) is 24.5. The van der Waals surface area contributed by atoms with Gasteiger partial charge >= 0.3 is 0 Å². The Morgan fingerprint density at radius 3 is 2.29 bits per heavy atom. The van der Waals surface area contributed by atoms with Gasteiger partial charge in [-0.25, -0.2) is 9.37 Å². The molecule has 1 aliphatic rings. The molecular weight excluding hydrogens is 467 g/mol. The zero-order valence-corrected chi connectivity index (χ0v) is 20.5. The molecule has 2 N–H and O–H groups in total. The molecule has 0 radical (unpaired) electrons. The summed E-state index contributed by atoms with van der Waals surface area (Å²) < 4.78 is 13.2. The zero-order chi connectivity index (χ0) is 25.0. The topological polar surface area (TPSA) is 91.4 Å². The van der Waals surface area contributed by atoms with Crippen LogP contribution in [0.25, 0.3) is 11.3 Å². The lowest BCUT2D eigenvalue weighted by atomic mass is 10.0. The Morgan fingerprint density at radius 1 is 0.971 bits per heavy atom. The molecule has 9 heteroatoms. The second-order valence-electron chi connectivity index (χ2n) is 8.96. The summed E-state index contributed by atoms with van der Waals surface area (Å²) in [5.41, 5.74) is 0.256. The molecule has 1 fully saturated rings. The molecule has 3 amide bonds. The van der Waals surface area contributed by atoms with Crippen LogP contribution in [-0.4, -0.2) is 46.2 Å². The lowest BCUT2D eigenvalue weighted by molar-refractivity contribution is -0.120. The second-order valence-corrected chi connectivity index (χ2v) is 9.95. The van der Waals surface area contributed by atoms with E-state index in [-0.39, 0.29) is 16.6 Å². The highest BCUT2D eigenvalue weighted by Crippen LogP contribution is 2.33. The highest BCUT2D eigenvalue weighted by molar-refractivity contribution is 7.18. The molecule has 0 bridgehead atoms. The third-order valence-electron chi connectivity index (χ3n) is 5.83. The smallest absolute Gasteiger partial charge is 0.266 e. The van der Waals surface area contributed by atoms with Gasteiger partial charge in [-0.1, -0.05) is 41.7 Å². The number of halogens is 1. The third-order valence-corrected chi connectivity index (χ3v) is 6.79. The van der Waals surface area contributed by atoms with Crippen molar-refractivity contribution in [3.05, 3.63) is 70.9 Å². The Labute approximate surface area is 207 Å². The van der Waals surface area contributed by atoms with Gasteiger partial charge in [0.25, 0.3) is 17.7 Å². The molecule has 4 rings (SSSR count). The number of nitrogens with zero attached hydrogens (tertiary/aromatic N) is 2. The predicted molar refractivity (Wildman–Crippen MR) is 134 cm³/mol. The Bertz CT molecular complexity index is 1220. The molecule has 0 saturated carbocycles. The van der Waals surface area contributed by atoms with Crippen LogP contribution in [0.3, 0.4) is 0 Å². The number of likely N-dealkylation sites (tertiary alicyclic amines) is 1. The van der Waals surface area contributed by atoms with Crippen molar-refractivity contribution in [3.63, 3.8) is 0 Å². The SMILES string of the molecule is CC(C)(NC(=O)c1ccc(F)cc1)C(=O)Nc1nc(-c2ccccc2)c(C(=O)N2CCCCC2)s1. The van der Waals surface area contributed by atoms with Crippen LogP contribution >= 0.6 is 11.3 Å². The Hall–Kier alpha value is -3.59. The highest BCUT2D eigenvalue weighted by atomic mass is 32.1. The number of hydrogen-bond donors (Lipinski definition) is 2. The number of carbonyl (C=O) groups excluding carboxylic acids is 3. The van der Waals surface area contributed by atoms with E-state index in [1.165, 1.54) is 24.3 Å². The second kappa shape index (κ2) is 10.4. The van der Waals surface area contributed by atoms with E-state index in [2.05, 4.69) is 15.6 Å². The molecule has 3 aromatic rings. The molecule has 0 unspecified atom stereocenters. The molecule has 7 nitrogen and oxygen atoms in total. The molecule has 1 aromatic heterocycles. The lowest BCUT2D eigenvalue weighted by Gasteiger charge is -2.26. The lowest BCUT2D eigenvalue weighted by Crippen LogP contribution is -2.52. The van der Waals surface area contributed by atoms with Crippen LogP contribution in [0, 0.1) is 5.82 Å². The molecule has 35 heavy (non-hydrogen) atoms. The number of amides is 3. The number of anilines is 1. The molecule has 1 aliphatic heterocycles. The number of aromatic nitrogens is 1. The van der Waals surface area contributed by atoms with E-state index in [4.69, 9.17) is 0 Å². The number of nitrogens with one attached hydrogen (secondary N) is 2. The van der Waals surface area contributed by atoms with Crippen LogP contribution in [0.2, 0.25) is 0 Å². The number of carbonyl (C=O) groups is 3. The molecular formula is C26H27FN4O3S. The van der Waals surface area contributed by atoms with Gasteiger partial charge in [0.15, 0.2) is 5.13 Å². The summed E-state index contributed by atoms with van der Waals surface area (Å²) >= 11 is 1.13. The van der Waals surface area contributed by atoms with Gasteiger partial charge in [0.2, 0.25) is 0 Å². The van der Waals surface area contributed by atoms with Gasteiger partial charge in [0.1, 0.15) is 16.2 Å². The maximum Gasteiger partial charge on any atom is 0.266 e. The fraction of sp³-hybridized carbons (Fsp3) is 0.308. The molecule has 2 aromatic carbocycles. The van der Waals surface area contributed by atoms with Gasteiger partial charge < -0.3 is 10.2 Å². The van der Waals surface area contributed by atoms with Crippen LogP contribution in [-0.2, 0) is 4.79 Å². The first-order chi connectivity index (χ1) is 16.7. The summed E-state index contributed by atoms with van der Waals surface area (Å²) in [4.78, 5) is 45.8. The number of piperidine rings is 1. The summed E-state index contributed by atoms with van der Waals surface area (Å²) in [6, 6.07) is 14.5. The van der Waals surface area contributed by atoms with Crippen molar-refractivity contribution >= 4 is 34.2 Å². The molecule has 0 atom stereocenters. The normalized spacial score (nSPS) is 13.9. The van der Waals surface area contributed by atoms with E-state index < -0.39 is 23.2 Å². The Morgan fingerprint density at radius 2 is 1.63 bits per heavy atom. The summed E-state index contributed by atoms with van der Waals surface area (Å²) in [6.07, 6.45) is 3.05. The van der Waals surface area contributed by atoms with Crippen LogP contribution < -0.4 is 10.6 Å². The molecule has 182 valence electrons. The average molecular weight is 495 g/mol. The quantitative estimate of drug-likeness (QED) is 0.519. The van der Waals surface area contributed by atoms with E-state index in [0.717, 1.165) is 36.2 Å². The minimum atomic E-state index is -1.29. The van der Waals surface area contributed by atoms with Crippen LogP contribution in [0.15, 0.2) is 54.6 Å². The van der Waals surface area contributed by atoms with Gasteiger partial charge in [-0.05, 0) is 57.4 Å². The standard InChI is InChI=1S/C26H27FN4O3S/c1-26(2,30-22(32)18-11-13-19(27)14-12-18)24(34)29-25-28-20(17-9-5-3-6-10-17)21(35-25)23(33)31-15-7-4-8-16-31/h3,5-6,9-14H,4,7-8,15-16H2,1-2H3,(H,30,32)(H,28,29,34). The summed E-state index contributed by atoms with van der Waals surface area (Å²) in [5.74, 6) is -1.54. The van der Waals surface area contributed by atoms with Crippen molar-refractivity contribution in [1.82, 2.24) is 15.2 Å². The van der Waals surface area contributed by atoms with Crippen LogP contribution in [0.4, 0.5) is 9.52 Å². The van der Waals surface area contributed by atoms with Crippen LogP contribution in [0.5, 0.6) is 0 Å². The van der Waals surface area contributed by atoms with E-state index in [9.17, 15) is 18.8 Å². The Balaban J connectivity index is 1.55. The third kappa shape index (κ3) is 5.74. The van der Waals surface area contributed by atoms with E-state index in [0.29, 0.717) is 23.7 Å². The van der Waals surface area contributed by atoms with Gasteiger partial charge in [0, 0.05) is 24.2 Å². The average Bonchev–Trinajstić information content (AvgIpc) is 3.28. The fourth-order valence-electron chi connectivity index (χ4n) is 3.82. The zero-order valence-electron chi connectivity index (χ0n) is 19.6. The van der Waals surface area contributed by atoms with Gasteiger partial charge in [0.05, 0.1) is 5.69 Å². The van der Waals surface area contributed by atoms with E-state index >= 15 is 0 Å². The summed E-state index contributed by atoms with van der Waals surface area (Å²) in [6.45, 7) is 4.54. The van der Waals surface area contributed by atoms with Crippen molar-refractivity contribution in [2.45, 2.75) is 38.6 Å². The molecule has 0 spiro atoms. The number of thiazole rings is 1. The van der Waals surface area contributed by atoms with Crippen molar-refractivity contribution in [3.8, 4) is 11.3 Å². The predicted octanol–water partition coefficient (Wildman–Crippen LogP) is 4.72. The van der Waals surface area contributed by atoms with Crippen molar-refractivity contribution in [1.29, 1.82) is 0 Å². The number of rotatable bonds is 6. The maximum atomic E-state index is 13.3.